The van der Waals surface area contributed by atoms with Gasteiger partial charge < -0.3 is 9.57 Å². The van der Waals surface area contributed by atoms with Gasteiger partial charge in [-0.05, 0) is 42.3 Å². The van der Waals surface area contributed by atoms with Gasteiger partial charge in [0.2, 0.25) is 0 Å². The Morgan fingerprint density at radius 3 is 2.16 bits per heavy atom. The molecule has 0 unspecified atom stereocenters. The lowest BCUT2D eigenvalue weighted by Crippen LogP contribution is -2.41. The number of carbonyl (C=O) groups is 1. The van der Waals surface area contributed by atoms with E-state index in [1.54, 1.807) is 12.1 Å². The number of nitrogens with zero attached hydrogens (tertiary/aromatic N) is 1. The highest BCUT2D eigenvalue weighted by atomic mass is 35.5. The molecule has 0 fully saturated rings. The number of ether oxygens (including phenoxy) is 1. The standard InChI is InChI=1S/C25H21Cl3FNO6S/c1-15(36-37(32,33)23-13-20(27)19(26)12-21(23)28)24(22(29)14-30-34-2)35-25(31)18-10-8-17(9-11-18)16-6-4-3-5-7-16/h3-15,22,24H,1-2H3/t15-,22-,24-/m1/s1. The first kappa shape index (κ1) is 28.9. The van der Waals surface area contributed by atoms with Gasteiger partial charge in [0, 0.05) is 0 Å². The highest BCUT2D eigenvalue weighted by molar-refractivity contribution is 7.87. The molecule has 0 spiro atoms. The Morgan fingerprint density at radius 1 is 0.946 bits per heavy atom. The van der Waals surface area contributed by atoms with Gasteiger partial charge in [0.05, 0.1) is 26.8 Å². The Bertz CT molecular complexity index is 1370. The van der Waals surface area contributed by atoms with E-state index < -0.39 is 39.4 Å². The van der Waals surface area contributed by atoms with Crippen LogP contribution in [0.25, 0.3) is 11.1 Å². The predicted molar refractivity (Wildman–Crippen MR) is 141 cm³/mol. The molecule has 12 heteroatoms. The van der Waals surface area contributed by atoms with Crippen LogP contribution in [0.4, 0.5) is 4.39 Å². The van der Waals surface area contributed by atoms with Crippen LogP contribution in [-0.2, 0) is 23.9 Å². The number of carbonyl (C=O) groups excluding carboxylic acids is 1. The van der Waals surface area contributed by atoms with Crippen molar-refractivity contribution < 1.29 is 31.4 Å². The summed E-state index contributed by atoms with van der Waals surface area (Å²) in [4.78, 5) is 16.8. The van der Waals surface area contributed by atoms with E-state index in [-0.39, 0.29) is 20.6 Å². The van der Waals surface area contributed by atoms with Crippen LogP contribution in [0, 0.1) is 0 Å². The Morgan fingerprint density at radius 2 is 1.54 bits per heavy atom. The third-order valence-electron chi connectivity index (χ3n) is 5.08. The molecule has 0 amide bonds. The number of alkyl halides is 1. The minimum absolute atomic E-state index is 0.0309. The normalized spacial score (nSPS) is 14.2. The molecule has 37 heavy (non-hydrogen) atoms. The first-order valence-corrected chi connectivity index (χ1v) is 13.2. The summed E-state index contributed by atoms with van der Waals surface area (Å²) in [6.07, 6.45) is -4.60. The van der Waals surface area contributed by atoms with Crippen LogP contribution in [-0.4, -0.2) is 46.1 Å². The van der Waals surface area contributed by atoms with Gasteiger partial charge in [-0.3, -0.25) is 4.18 Å². The number of halogens is 4. The molecule has 0 N–H and O–H groups in total. The van der Waals surface area contributed by atoms with E-state index in [0.717, 1.165) is 29.5 Å². The molecule has 196 valence electrons. The molecule has 0 heterocycles. The average Bonchev–Trinajstić information content (AvgIpc) is 2.88. The molecule has 0 aromatic heterocycles. The van der Waals surface area contributed by atoms with Gasteiger partial charge in [-0.2, -0.15) is 8.42 Å². The zero-order chi connectivity index (χ0) is 27.2. The number of hydrogen-bond donors (Lipinski definition) is 0. The lowest BCUT2D eigenvalue weighted by atomic mass is 10.0. The summed E-state index contributed by atoms with van der Waals surface area (Å²) in [7, 11) is -3.38. The van der Waals surface area contributed by atoms with Gasteiger partial charge in [0.25, 0.3) is 10.1 Å². The Kier molecular flexibility index (Phi) is 9.92. The highest BCUT2D eigenvalue weighted by Crippen LogP contribution is 2.33. The lowest BCUT2D eigenvalue weighted by Gasteiger charge is -2.25. The molecule has 0 radical (unpaired) electrons. The van der Waals surface area contributed by atoms with Crippen LogP contribution in [0.2, 0.25) is 15.1 Å². The summed E-state index contributed by atoms with van der Waals surface area (Å²) in [5.41, 5.74) is 1.90. The van der Waals surface area contributed by atoms with Crippen LogP contribution < -0.4 is 0 Å². The lowest BCUT2D eigenvalue weighted by molar-refractivity contribution is -0.0216. The predicted octanol–water partition coefficient (Wildman–Crippen LogP) is 6.60. The summed E-state index contributed by atoms with van der Waals surface area (Å²) in [6.45, 7) is 1.21. The summed E-state index contributed by atoms with van der Waals surface area (Å²) in [6, 6.07) is 18.0. The van der Waals surface area contributed by atoms with Crippen molar-refractivity contribution in [2.24, 2.45) is 5.16 Å². The van der Waals surface area contributed by atoms with E-state index in [0.29, 0.717) is 0 Å². The zero-order valence-corrected chi connectivity index (χ0v) is 22.6. The molecule has 0 saturated carbocycles. The molecular formula is C25H21Cl3FNO6S. The van der Waals surface area contributed by atoms with E-state index in [9.17, 15) is 17.6 Å². The number of esters is 1. The number of benzene rings is 3. The fourth-order valence-corrected chi connectivity index (χ4v) is 5.31. The van der Waals surface area contributed by atoms with Crippen molar-refractivity contribution >= 4 is 57.1 Å². The number of oxime groups is 1. The molecule has 3 rings (SSSR count). The topological polar surface area (TPSA) is 91.3 Å². The van der Waals surface area contributed by atoms with Crippen LogP contribution in [0.15, 0.2) is 76.8 Å². The van der Waals surface area contributed by atoms with E-state index in [2.05, 4.69) is 9.99 Å². The summed E-state index contributed by atoms with van der Waals surface area (Å²) >= 11 is 17.8. The van der Waals surface area contributed by atoms with Gasteiger partial charge in [0.1, 0.15) is 18.1 Å². The van der Waals surface area contributed by atoms with Gasteiger partial charge in [-0.25, -0.2) is 9.18 Å². The second-order valence-electron chi connectivity index (χ2n) is 7.65. The van der Waals surface area contributed by atoms with E-state index in [1.165, 1.54) is 26.2 Å². The number of hydrogen-bond acceptors (Lipinski definition) is 7. The van der Waals surface area contributed by atoms with E-state index >= 15 is 0 Å². The Balaban J connectivity index is 1.83. The van der Waals surface area contributed by atoms with Crippen LogP contribution in [0.5, 0.6) is 0 Å². The van der Waals surface area contributed by atoms with Crippen molar-refractivity contribution in [1.82, 2.24) is 0 Å². The second-order valence-corrected chi connectivity index (χ2v) is 10.4. The maximum atomic E-state index is 15.0. The van der Waals surface area contributed by atoms with Gasteiger partial charge in [-0.1, -0.05) is 82.4 Å². The highest BCUT2D eigenvalue weighted by Gasteiger charge is 2.35. The molecule has 3 aromatic carbocycles. The summed E-state index contributed by atoms with van der Waals surface area (Å²) < 4.78 is 51.2. The maximum Gasteiger partial charge on any atom is 0.338 e. The fourth-order valence-electron chi connectivity index (χ4n) is 3.25. The van der Waals surface area contributed by atoms with Crippen molar-refractivity contribution in [2.75, 3.05) is 7.11 Å². The maximum absolute atomic E-state index is 15.0. The minimum atomic E-state index is -4.57. The summed E-state index contributed by atoms with van der Waals surface area (Å²) in [5, 5.41) is 3.03. The fraction of sp³-hybridized carbons (Fsp3) is 0.200. The largest absolute Gasteiger partial charge is 0.452 e. The molecule has 7 nitrogen and oxygen atoms in total. The molecule has 0 aliphatic carbocycles. The van der Waals surface area contributed by atoms with Crippen LogP contribution in [0.3, 0.4) is 0 Å². The van der Waals surface area contributed by atoms with E-state index in [1.807, 2.05) is 30.3 Å². The van der Waals surface area contributed by atoms with Crippen LogP contribution in [0.1, 0.15) is 17.3 Å². The van der Waals surface area contributed by atoms with Gasteiger partial charge in [0.15, 0.2) is 12.3 Å². The van der Waals surface area contributed by atoms with Crippen molar-refractivity contribution in [2.45, 2.75) is 30.2 Å². The molecule has 0 aliphatic heterocycles. The molecule has 3 atom stereocenters. The molecular weight excluding hydrogens is 568 g/mol. The smallest absolute Gasteiger partial charge is 0.338 e. The average molecular weight is 589 g/mol. The van der Waals surface area contributed by atoms with Crippen LogP contribution >= 0.6 is 34.8 Å². The molecule has 0 saturated heterocycles. The summed E-state index contributed by atoms with van der Waals surface area (Å²) in [5.74, 6) is -0.904. The quantitative estimate of drug-likeness (QED) is 0.0871. The number of rotatable bonds is 10. The third kappa shape index (κ3) is 7.43. The SMILES string of the molecule is CON=C[C@@H](F)[C@H](OC(=O)c1ccc(-c2ccccc2)cc1)[C@@H](C)OS(=O)(=O)c1cc(Cl)c(Cl)cc1Cl. The monoisotopic (exact) mass is 587 g/mol. The second kappa shape index (κ2) is 12.7. The minimum Gasteiger partial charge on any atom is -0.452 e. The zero-order valence-electron chi connectivity index (χ0n) is 19.5. The van der Waals surface area contributed by atoms with Crippen molar-refractivity contribution in [3.63, 3.8) is 0 Å². The molecule has 3 aromatic rings. The van der Waals surface area contributed by atoms with Gasteiger partial charge in [-0.15, -0.1) is 0 Å². The Hall–Kier alpha value is -2.69. The van der Waals surface area contributed by atoms with E-state index in [4.69, 9.17) is 43.7 Å². The first-order valence-electron chi connectivity index (χ1n) is 10.7. The van der Waals surface area contributed by atoms with Crippen molar-refractivity contribution in [1.29, 1.82) is 0 Å². The van der Waals surface area contributed by atoms with Gasteiger partial charge >= 0.3 is 5.97 Å². The third-order valence-corrected chi connectivity index (χ3v) is 7.66. The van der Waals surface area contributed by atoms with Crippen molar-refractivity contribution in [3.8, 4) is 11.1 Å². The first-order chi connectivity index (χ1) is 17.5. The molecule has 0 aliphatic rings. The Labute approximate surface area is 228 Å². The van der Waals surface area contributed by atoms with Crippen molar-refractivity contribution in [3.05, 3.63) is 87.4 Å². The molecule has 0 bridgehead atoms.